The zero-order valence-electron chi connectivity index (χ0n) is 16.5. The van der Waals surface area contributed by atoms with E-state index in [0.29, 0.717) is 11.5 Å². The van der Waals surface area contributed by atoms with Gasteiger partial charge in [0, 0.05) is 45.3 Å². The van der Waals surface area contributed by atoms with Crippen molar-refractivity contribution in [3.05, 3.63) is 0 Å². The van der Waals surface area contributed by atoms with E-state index in [2.05, 4.69) is 15.2 Å². The number of nitrogens with one attached hydrogen (secondary N) is 1. The molecule has 2 heterocycles. The van der Waals surface area contributed by atoms with E-state index in [9.17, 15) is 0 Å². The second-order valence-corrected chi connectivity index (χ2v) is 8.14. The van der Waals surface area contributed by atoms with Gasteiger partial charge in [-0.2, -0.15) is 0 Å². The van der Waals surface area contributed by atoms with E-state index < -0.39 is 0 Å². The van der Waals surface area contributed by atoms with E-state index in [0.717, 1.165) is 45.4 Å². The van der Waals surface area contributed by atoms with Crippen molar-refractivity contribution in [3.8, 4) is 0 Å². The van der Waals surface area contributed by atoms with Crippen LogP contribution in [0, 0.1) is 5.41 Å². The lowest BCUT2D eigenvalue weighted by Gasteiger charge is -2.25. The molecule has 6 heteroatoms. The summed E-state index contributed by atoms with van der Waals surface area (Å²) in [7, 11) is 1.90. The standard InChI is InChI=1S/C20H37N3O2.HI/c1-21-19(23-13-10-20(16-23)11-15-24-17-20)22-12-6-3-7-14-25-18-8-4-2-5-9-18;/h18H,2-17H2,1H3,(H,21,22);1H. The monoisotopic (exact) mass is 479 g/mol. The normalized spacial score (nSPS) is 27.1. The Kier molecular flexibility index (Phi) is 9.99. The fraction of sp³-hybridized carbons (Fsp3) is 0.950. The van der Waals surface area contributed by atoms with Crippen LogP contribution in [0.1, 0.15) is 64.2 Å². The molecule has 1 spiro atoms. The van der Waals surface area contributed by atoms with Crippen molar-refractivity contribution in [1.29, 1.82) is 0 Å². The summed E-state index contributed by atoms with van der Waals surface area (Å²) >= 11 is 0. The Hall–Kier alpha value is -0.0800. The molecule has 1 N–H and O–H groups in total. The first-order chi connectivity index (χ1) is 12.3. The van der Waals surface area contributed by atoms with Crippen molar-refractivity contribution in [2.45, 2.75) is 70.3 Å². The summed E-state index contributed by atoms with van der Waals surface area (Å²) in [6.45, 7) is 6.02. The number of rotatable bonds is 7. The van der Waals surface area contributed by atoms with Crippen molar-refractivity contribution < 1.29 is 9.47 Å². The van der Waals surface area contributed by atoms with Crippen LogP contribution in [0.2, 0.25) is 0 Å². The molecule has 0 aromatic heterocycles. The van der Waals surface area contributed by atoms with Gasteiger partial charge in [0.1, 0.15) is 0 Å². The van der Waals surface area contributed by atoms with Crippen molar-refractivity contribution in [2.24, 2.45) is 10.4 Å². The Morgan fingerprint density at radius 2 is 2.04 bits per heavy atom. The van der Waals surface area contributed by atoms with E-state index >= 15 is 0 Å². The van der Waals surface area contributed by atoms with Crippen LogP contribution in [0.25, 0.3) is 0 Å². The molecule has 1 aliphatic carbocycles. The molecule has 1 unspecified atom stereocenters. The van der Waals surface area contributed by atoms with Gasteiger partial charge in [-0.25, -0.2) is 0 Å². The van der Waals surface area contributed by atoms with E-state index in [-0.39, 0.29) is 24.0 Å². The Balaban J connectivity index is 0.00000243. The third kappa shape index (κ3) is 6.51. The first-order valence-electron chi connectivity index (χ1n) is 10.5. The molecule has 5 nitrogen and oxygen atoms in total. The second-order valence-electron chi connectivity index (χ2n) is 8.14. The summed E-state index contributed by atoms with van der Waals surface area (Å²) in [4.78, 5) is 6.90. The molecule has 0 amide bonds. The third-order valence-corrected chi connectivity index (χ3v) is 6.14. The maximum atomic E-state index is 6.00. The number of aliphatic imine (C=N–C) groups is 1. The van der Waals surface area contributed by atoms with Gasteiger partial charge < -0.3 is 19.7 Å². The van der Waals surface area contributed by atoms with E-state index in [1.165, 1.54) is 64.2 Å². The van der Waals surface area contributed by atoms with Crippen molar-refractivity contribution >= 4 is 29.9 Å². The molecular weight excluding hydrogens is 441 g/mol. The molecule has 0 aromatic rings. The van der Waals surface area contributed by atoms with Gasteiger partial charge >= 0.3 is 0 Å². The third-order valence-electron chi connectivity index (χ3n) is 6.14. The van der Waals surface area contributed by atoms with Gasteiger partial charge in [0.25, 0.3) is 0 Å². The molecule has 0 aromatic carbocycles. The Bertz CT molecular complexity index is 421. The zero-order chi connectivity index (χ0) is 17.4. The van der Waals surface area contributed by atoms with E-state index in [1.54, 1.807) is 0 Å². The molecule has 3 aliphatic rings. The smallest absolute Gasteiger partial charge is 0.193 e. The van der Waals surface area contributed by atoms with Gasteiger partial charge in [0.15, 0.2) is 5.96 Å². The van der Waals surface area contributed by atoms with Gasteiger partial charge in [0.2, 0.25) is 0 Å². The van der Waals surface area contributed by atoms with Crippen LogP contribution >= 0.6 is 24.0 Å². The lowest BCUT2D eigenvalue weighted by Crippen LogP contribution is -2.41. The fourth-order valence-corrected chi connectivity index (χ4v) is 4.51. The minimum atomic E-state index is 0. The fourth-order valence-electron chi connectivity index (χ4n) is 4.51. The Labute approximate surface area is 176 Å². The van der Waals surface area contributed by atoms with Gasteiger partial charge in [-0.1, -0.05) is 19.3 Å². The Morgan fingerprint density at radius 1 is 1.19 bits per heavy atom. The van der Waals surface area contributed by atoms with Crippen LogP contribution < -0.4 is 5.32 Å². The molecule has 3 fully saturated rings. The molecule has 0 radical (unpaired) electrons. The quantitative estimate of drug-likeness (QED) is 0.261. The van der Waals surface area contributed by atoms with Crippen LogP contribution in [0.4, 0.5) is 0 Å². The molecule has 0 bridgehead atoms. The highest BCUT2D eigenvalue weighted by Gasteiger charge is 2.42. The average molecular weight is 479 g/mol. The molecule has 3 rings (SSSR count). The number of unbranched alkanes of at least 4 members (excludes halogenated alkanes) is 2. The minimum Gasteiger partial charge on any atom is -0.381 e. The first kappa shape index (κ1) is 22.2. The van der Waals surface area contributed by atoms with Crippen molar-refractivity contribution in [1.82, 2.24) is 10.2 Å². The summed E-state index contributed by atoms with van der Waals surface area (Å²) in [6.07, 6.45) is 13.3. The minimum absolute atomic E-state index is 0. The van der Waals surface area contributed by atoms with Crippen LogP contribution in [-0.4, -0.2) is 63.5 Å². The maximum absolute atomic E-state index is 6.00. The molecule has 1 atom stereocenters. The SMILES string of the molecule is CN=C(NCCCCCOC1CCCCC1)N1CCC2(CCOC2)C1.I. The first-order valence-corrected chi connectivity index (χ1v) is 10.5. The number of likely N-dealkylation sites (tertiary alicyclic amines) is 1. The summed E-state index contributed by atoms with van der Waals surface area (Å²) < 4.78 is 11.6. The van der Waals surface area contributed by atoms with Gasteiger partial charge in [0.05, 0.1) is 12.7 Å². The van der Waals surface area contributed by atoms with Crippen molar-refractivity contribution in [3.63, 3.8) is 0 Å². The van der Waals surface area contributed by atoms with Gasteiger partial charge in [-0.15, -0.1) is 24.0 Å². The lowest BCUT2D eigenvalue weighted by molar-refractivity contribution is 0.0264. The molecule has 2 saturated heterocycles. The van der Waals surface area contributed by atoms with Crippen LogP contribution in [0.15, 0.2) is 4.99 Å². The topological polar surface area (TPSA) is 46.1 Å². The lowest BCUT2D eigenvalue weighted by atomic mass is 9.87. The predicted octanol–water partition coefficient (Wildman–Crippen LogP) is 3.81. The number of hydrogen-bond acceptors (Lipinski definition) is 3. The number of guanidine groups is 1. The molecule has 2 aliphatic heterocycles. The highest BCUT2D eigenvalue weighted by atomic mass is 127. The molecular formula is C20H38IN3O2. The zero-order valence-corrected chi connectivity index (χ0v) is 18.8. The highest BCUT2D eigenvalue weighted by Crippen LogP contribution is 2.38. The molecule has 26 heavy (non-hydrogen) atoms. The maximum Gasteiger partial charge on any atom is 0.193 e. The largest absolute Gasteiger partial charge is 0.381 e. The number of ether oxygens (including phenoxy) is 2. The molecule has 1 saturated carbocycles. The number of halogens is 1. The summed E-state index contributed by atoms with van der Waals surface area (Å²) in [5, 5.41) is 3.55. The van der Waals surface area contributed by atoms with Crippen molar-refractivity contribution in [2.75, 3.05) is 46.5 Å². The summed E-state index contributed by atoms with van der Waals surface area (Å²) in [5.41, 5.74) is 0.397. The van der Waals surface area contributed by atoms with Gasteiger partial charge in [-0.3, -0.25) is 4.99 Å². The Morgan fingerprint density at radius 3 is 2.77 bits per heavy atom. The van der Waals surface area contributed by atoms with Crippen LogP contribution in [0.5, 0.6) is 0 Å². The predicted molar refractivity (Wildman–Crippen MR) is 118 cm³/mol. The van der Waals surface area contributed by atoms with E-state index in [1.807, 2.05) is 7.05 Å². The number of nitrogens with zero attached hydrogens (tertiary/aromatic N) is 2. The number of hydrogen-bond donors (Lipinski definition) is 1. The van der Waals surface area contributed by atoms with Gasteiger partial charge in [-0.05, 0) is 44.9 Å². The second kappa shape index (κ2) is 11.7. The summed E-state index contributed by atoms with van der Waals surface area (Å²) in [6, 6.07) is 0. The molecule has 152 valence electrons. The highest BCUT2D eigenvalue weighted by molar-refractivity contribution is 14.0. The van der Waals surface area contributed by atoms with Crippen LogP contribution in [-0.2, 0) is 9.47 Å². The van der Waals surface area contributed by atoms with E-state index in [4.69, 9.17) is 9.47 Å². The average Bonchev–Trinajstić information content (AvgIpc) is 3.28. The van der Waals surface area contributed by atoms with Crippen LogP contribution in [0.3, 0.4) is 0 Å². The summed E-state index contributed by atoms with van der Waals surface area (Å²) in [5.74, 6) is 1.07.